The zero-order chi connectivity index (χ0) is 9.68. The van der Waals surface area contributed by atoms with Crippen molar-refractivity contribution in [3.05, 3.63) is 47.8 Å². The van der Waals surface area contributed by atoms with Crippen molar-refractivity contribution in [1.82, 2.24) is 4.68 Å². The molecule has 0 aliphatic rings. The van der Waals surface area contributed by atoms with E-state index < -0.39 is 0 Å². The first kappa shape index (κ1) is 9.65. The molecule has 1 heterocycles. The van der Waals surface area contributed by atoms with Gasteiger partial charge in [0.1, 0.15) is 0 Å². The Morgan fingerprint density at radius 2 is 1.92 bits per heavy atom. The van der Waals surface area contributed by atoms with Crippen LogP contribution in [0, 0.1) is 6.92 Å². The summed E-state index contributed by atoms with van der Waals surface area (Å²) in [4.78, 5) is 0. The van der Waals surface area contributed by atoms with E-state index in [4.69, 9.17) is 5.84 Å². The van der Waals surface area contributed by atoms with Crippen molar-refractivity contribution in [2.45, 2.75) is 20.3 Å². The molecule has 2 nitrogen and oxygen atoms in total. The highest BCUT2D eigenvalue weighted by molar-refractivity contribution is 5.11. The highest BCUT2D eigenvalue weighted by Crippen LogP contribution is 1.97. The Balaban J connectivity index is 3.34. The fraction of sp³-hybridized carbons (Fsp3) is 0.273. The number of nitrogens with two attached hydrogens (primary N) is 1. The van der Waals surface area contributed by atoms with Crippen molar-refractivity contribution in [3.8, 4) is 0 Å². The predicted molar refractivity (Wildman–Crippen MR) is 56.3 cm³/mol. The van der Waals surface area contributed by atoms with E-state index in [9.17, 15) is 0 Å². The van der Waals surface area contributed by atoms with Crippen LogP contribution in [0.1, 0.15) is 18.2 Å². The van der Waals surface area contributed by atoms with E-state index in [1.165, 1.54) is 5.56 Å². The third-order valence-corrected chi connectivity index (χ3v) is 1.99. The molecule has 2 heteroatoms. The summed E-state index contributed by atoms with van der Waals surface area (Å²) in [5, 5.41) is 0. The molecular weight excluding hydrogens is 160 g/mol. The minimum Gasteiger partial charge on any atom is -0.339 e. The topological polar surface area (TPSA) is 30.9 Å². The smallest absolute Gasteiger partial charge is 0.0360 e. The van der Waals surface area contributed by atoms with Crippen LogP contribution in [0.3, 0.4) is 0 Å². The average Bonchev–Trinajstić information content (AvgIpc) is 2.20. The monoisotopic (exact) mass is 176 g/mol. The maximum Gasteiger partial charge on any atom is 0.0360 e. The summed E-state index contributed by atoms with van der Waals surface area (Å²) in [6.45, 7) is 4.10. The summed E-state index contributed by atoms with van der Waals surface area (Å²) in [5.41, 5.74) is 2.26. The SMILES string of the molecule is CCc1cccccc(C)n(N)c1. The Labute approximate surface area is 79.3 Å². The van der Waals surface area contributed by atoms with Crippen LogP contribution < -0.4 is 5.84 Å². The Bertz CT molecular complexity index is 325. The Morgan fingerprint density at radius 1 is 1.23 bits per heavy atom. The summed E-state index contributed by atoms with van der Waals surface area (Å²) in [6.07, 6.45) is 2.95. The predicted octanol–water partition coefficient (Wildman–Crippen LogP) is 2.20. The van der Waals surface area contributed by atoms with Gasteiger partial charge in [-0.25, -0.2) is 0 Å². The van der Waals surface area contributed by atoms with E-state index in [1.54, 1.807) is 4.68 Å². The quantitative estimate of drug-likeness (QED) is 0.653. The molecule has 0 radical (unpaired) electrons. The Morgan fingerprint density at radius 3 is 2.62 bits per heavy atom. The molecule has 1 aromatic rings. The fourth-order valence-electron chi connectivity index (χ4n) is 1.06. The molecule has 0 saturated heterocycles. The Hall–Kier alpha value is -1.44. The second-order valence-corrected chi connectivity index (χ2v) is 3.02. The summed E-state index contributed by atoms with van der Waals surface area (Å²) in [7, 11) is 0. The van der Waals surface area contributed by atoms with Gasteiger partial charge in [0.25, 0.3) is 0 Å². The molecule has 0 unspecified atom stereocenters. The van der Waals surface area contributed by atoms with Crippen LogP contribution in [0.4, 0.5) is 0 Å². The zero-order valence-electron chi connectivity index (χ0n) is 8.20. The van der Waals surface area contributed by atoms with E-state index in [0.717, 1.165) is 12.1 Å². The van der Waals surface area contributed by atoms with Crippen molar-refractivity contribution < 1.29 is 0 Å². The minimum atomic E-state index is 0.991. The first-order valence-electron chi connectivity index (χ1n) is 4.50. The zero-order valence-corrected chi connectivity index (χ0v) is 8.20. The molecule has 0 aliphatic carbocycles. The maximum absolute atomic E-state index is 5.80. The number of aromatic nitrogens is 1. The molecule has 0 aromatic carbocycles. The molecule has 0 amide bonds. The molecular formula is C11H16N2. The van der Waals surface area contributed by atoms with E-state index in [2.05, 4.69) is 13.0 Å². The van der Waals surface area contributed by atoms with Gasteiger partial charge in [-0.1, -0.05) is 31.2 Å². The van der Waals surface area contributed by atoms with Gasteiger partial charge >= 0.3 is 0 Å². The summed E-state index contributed by atoms with van der Waals surface area (Å²) < 4.78 is 1.65. The molecule has 0 atom stereocenters. The molecule has 70 valence electrons. The van der Waals surface area contributed by atoms with E-state index in [0.29, 0.717) is 0 Å². The molecule has 13 heavy (non-hydrogen) atoms. The molecule has 1 aromatic heterocycles. The number of rotatable bonds is 1. The van der Waals surface area contributed by atoms with Crippen molar-refractivity contribution in [1.29, 1.82) is 0 Å². The Kier molecular flexibility index (Phi) is 3.38. The van der Waals surface area contributed by atoms with Gasteiger partial charge in [-0.2, -0.15) is 0 Å². The van der Waals surface area contributed by atoms with Crippen LogP contribution in [0.15, 0.2) is 36.5 Å². The largest absolute Gasteiger partial charge is 0.339 e. The van der Waals surface area contributed by atoms with Crippen LogP contribution in [0.25, 0.3) is 0 Å². The van der Waals surface area contributed by atoms with Crippen molar-refractivity contribution in [3.63, 3.8) is 0 Å². The third kappa shape index (κ3) is 2.82. The van der Waals surface area contributed by atoms with E-state index in [-0.39, 0.29) is 0 Å². The molecule has 0 aliphatic heterocycles. The second kappa shape index (κ2) is 4.55. The van der Waals surface area contributed by atoms with Crippen LogP contribution in [-0.2, 0) is 6.42 Å². The van der Waals surface area contributed by atoms with Gasteiger partial charge in [0, 0.05) is 11.9 Å². The normalized spacial score (nSPS) is 9.38. The minimum absolute atomic E-state index is 0.991. The fourth-order valence-corrected chi connectivity index (χ4v) is 1.06. The van der Waals surface area contributed by atoms with E-state index in [1.807, 2.05) is 37.4 Å². The van der Waals surface area contributed by atoms with Crippen molar-refractivity contribution in [2.24, 2.45) is 0 Å². The second-order valence-electron chi connectivity index (χ2n) is 3.02. The lowest BCUT2D eigenvalue weighted by Crippen LogP contribution is -2.10. The molecule has 0 spiro atoms. The molecule has 0 bridgehead atoms. The number of nitrogens with zero attached hydrogens (tertiary/aromatic N) is 1. The number of hydrogen-bond donors (Lipinski definition) is 1. The molecule has 0 saturated carbocycles. The van der Waals surface area contributed by atoms with Crippen LogP contribution in [0.5, 0.6) is 0 Å². The van der Waals surface area contributed by atoms with Crippen LogP contribution in [0.2, 0.25) is 0 Å². The van der Waals surface area contributed by atoms with Crippen LogP contribution in [-0.4, -0.2) is 4.68 Å². The molecule has 0 fully saturated rings. The summed E-state index contributed by atoms with van der Waals surface area (Å²) in [5.74, 6) is 5.80. The lowest BCUT2D eigenvalue weighted by molar-refractivity contribution is 0.918. The summed E-state index contributed by atoms with van der Waals surface area (Å²) in [6, 6.07) is 10.1. The molecule has 1 rings (SSSR count). The van der Waals surface area contributed by atoms with E-state index >= 15 is 0 Å². The van der Waals surface area contributed by atoms with Gasteiger partial charge in [-0.3, -0.25) is 4.68 Å². The van der Waals surface area contributed by atoms with Gasteiger partial charge in [0.05, 0.1) is 0 Å². The standard InChI is InChI=1S/C11H16N2/c1-3-11-8-6-4-5-7-10(2)13(12)9-11/h4-9H,3,12H2,1-2H3. The molecule has 2 N–H and O–H groups in total. The first-order valence-corrected chi connectivity index (χ1v) is 4.50. The maximum atomic E-state index is 5.80. The van der Waals surface area contributed by atoms with Gasteiger partial charge in [0.15, 0.2) is 0 Å². The number of nitrogen functional groups attached to an aromatic ring is 1. The summed E-state index contributed by atoms with van der Waals surface area (Å²) >= 11 is 0. The van der Waals surface area contributed by atoms with Gasteiger partial charge in [-0.05, 0) is 25.0 Å². The number of aryl methyl sites for hydroxylation is 2. The third-order valence-electron chi connectivity index (χ3n) is 1.99. The first-order chi connectivity index (χ1) is 6.24. The van der Waals surface area contributed by atoms with Crippen molar-refractivity contribution in [2.75, 3.05) is 5.84 Å². The van der Waals surface area contributed by atoms with Crippen LogP contribution >= 0.6 is 0 Å². The average molecular weight is 176 g/mol. The lowest BCUT2D eigenvalue weighted by Gasteiger charge is -2.00. The van der Waals surface area contributed by atoms with Gasteiger partial charge < -0.3 is 5.84 Å². The lowest BCUT2D eigenvalue weighted by atomic mass is 10.2. The van der Waals surface area contributed by atoms with Gasteiger partial charge in [-0.15, -0.1) is 0 Å². The van der Waals surface area contributed by atoms with Crippen molar-refractivity contribution >= 4 is 0 Å². The highest BCUT2D eigenvalue weighted by Gasteiger charge is 1.86. The van der Waals surface area contributed by atoms with Gasteiger partial charge in [0.2, 0.25) is 0 Å². The number of hydrogen-bond acceptors (Lipinski definition) is 1. The highest BCUT2D eigenvalue weighted by atomic mass is 15.3.